The largest absolute Gasteiger partial charge is 0.309 e. The van der Waals surface area contributed by atoms with Gasteiger partial charge in [-0.3, -0.25) is 0 Å². The van der Waals surface area contributed by atoms with Gasteiger partial charge < -0.3 is 4.90 Å². The predicted molar refractivity (Wildman–Crippen MR) is 260 cm³/mol. The van der Waals surface area contributed by atoms with Crippen molar-refractivity contribution < 1.29 is 0 Å². The molecule has 9 aromatic carbocycles. The van der Waals surface area contributed by atoms with E-state index in [-0.39, 0.29) is 5.41 Å². The molecule has 1 spiro atoms. The van der Waals surface area contributed by atoms with Crippen molar-refractivity contribution in [2.24, 2.45) is 23.7 Å². The first-order valence-electron chi connectivity index (χ1n) is 23.0. The molecule has 13 rings (SSSR count). The van der Waals surface area contributed by atoms with Crippen molar-refractivity contribution >= 4 is 38.6 Å². The number of para-hydroxylation sites is 1. The number of nitrogens with zero attached hydrogens (tertiary/aromatic N) is 1. The zero-order chi connectivity index (χ0) is 40.8. The molecule has 298 valence electrons. The van der Waals surface area contributed by atoms with Crippen LogP contribution in [0.3, 0.4) is 0 Å². The van der Waals surface area contributed by atoms with Crippen molar-refractivity contribution in [1.82, 2.24) is 0 Å². The van der Waals surface area contributed by atoms with E-state index in [1.54, 1.807) is 11.1 Å². The maximum Gasteiger partial charge on any atom is 0.0546 e. The van der Waals surface area contributed by atoms with Gasteiger partial charge in [-0.15, -0.1) is 0 Å². The Balaban J connectivity index is 1.07. The third-order valence-electron chi connectivity index (χ3n) is 15.9. The van der Waals surface area contributed by atoms with E-state index >= 15 is 0 Å². The molecular formula is C61H49N. The van der Waals surface area contributed by atoms with Crippen LogP contribution < -0.4 is 4.90 Å². The van der Waals surface area contributed by atoms with Crippen molar-refractivity contribution in [2.75, 3.05) is 4.90 Å². The van der Waals surface area contributed by atoms with Crippen LogP contribution in [-0.4, -0.2) is 0 Å². The zero-order valence-corrected chi connectivity index (χ0v) is 35.1. The molecule has 0 aliphatic heterocycles. The molecule has 4 aliphatic carbocycles. The molecule has 4 aliphatic rings. The summed E-state index contributed by atoms with van der Waals surface area (Å²) in [6, 6.07) is 75.5. The van der Waals surface area contributed by atoms with Gasteiger partial charge in [-0.05, 0) is 153 Å². The van der Waals surface area contributed by atoms with Crippen LogP contribution >= 0.6 is 0 Å². The van der Waals surface area contributed by atoms with Gasteiger partial charge in [0.15, 0.2) is 0 Å². The van der Waals surface area contributed by atoms with Crippen LogP contribution in [0.1, 0.15) is 49.7 Å². The second-order valence-corrected chi connectivity index (χ2v) is 18.7. The summed E-state index contributed by atoms with van der Waals surface area (Å²) >= 11 is 0. The van der Waals surface area contributed by atoms with E-state index in [4.69, 9.17) is 0 Å². The van der Waals surface area contributed by atoms with Crippen molar-refractivity contribution in [2.45, 2.75) is 43.9 Å². The Morgan fingerprint density at radius 2 is 0.903 bits per heavy atom. The molecule has 0 N–H and O–H groups in total. The van der Waals surface area contributed by atoms with Crippen LogP contribution in [0.4, 0.5) is 17.1 Å². The third-order valence-corrected chi connectivity index (χ3v) is 15.9. The minimum Gasteiger partial charge on any atom is -0.309 e. The van der Waals surface area contributed by atoms with Crippen LogP contribution in [0.15, 0.2) is 200 Å². The molecule has 3 saturated carbocycles. The van der Waals surface area contributed by atoms with Crippen LogP contribution in [0.2, 0.25) is 0 Å². The van der Waals surface area contributed by atoms with Gasteiger partial charge in [-0.25, -0.2) is 0 Å². The summed E-state index contributed by atoms with van der Waals surface area (Å²) in [7, 11) is 0. The Hall–Kier alpha value is -6.70. The molecule has 0 aromatic heterocycles. The van der Waals surface area contributed by atoms with Crippen LogP contribution in [0.5, 0.6) is 0 Å². The first kappa shape index (κ1) is 36.0. The molecule has 3 bridgehead atoms. The lowest BCUT2D eigenvalue weighted by atomic mass is 9.45. The lowest BCUT2D eigenvalue weighted by Gasteiger charge is -2.59. The average molecular weight is 796 g/mol. The average Bonchev–Trinajstić information content (AvgIpc) is 3.64. The SMILES string of the molecule is c1ccc(-c2ccccc2-c2ccccc2-c2ccccc2N(c2ccc3c(c2)-c2ccccc2C32C3CCC4CCC2CC4C3)c2cc3ccccc3c3ccccc23)cc1. The molecule has 1 nitrogen and oxygen atoms in total. The van der Waals surface area contributed by atoms with E-state index in [1.165, 1.54) is 122 Å². The van der Waals surface area contributed by atoms with E-state index in [1.807, 2.05) is 0 Å². The summed E-state index contributed by atoms with van der Waals surface area (Å²) in [5, 5.41) is 5.05. The maximum atomic E-state index is 2.60. The Morgan fingerprint density at radius 1 is 0.355 bits per heavy atom. The molecule has 3 fully saturated rings. The lowest BCUT2D eigenvalue weighted by molar-refractivity contribution is -0.0227. The first-order valence-corrected chi connectivity index (χ1v) is 23.0. The number of benzene rings is 9. The van der Waals surface area contributed by atoms with E-state index in [9.17, 15) is 0 Å². The van der Waals surface area contributed by atoms with Crippen LogP contribution in [0, 0.1) is 23.7 Å². The highest BCUT2D eigenvalue weighted by atomic mass is 15.1. The summed E-state index contributed by atoms with van der Waals surface area (Å²) in [4.78, 5) is 2.60. The monoisotopic (exact) mass is 795 g/mol. The Morgan fingerprint density at radius 3 is 1.66 bits per heavy atom. The van der Waals surface area contributed by atoms with Crippen molar-refractivity contribution in [3.63, 3.8) is 0 Å². The zero-order valence-electron chi connectivity index (χ0n) is 35.1. The molecule has 2 unspecified atom stereocenters. The highest BCUT2D eigenvalue weighted by molar-refractivity contribution is 6.15. The van der Waals surface area contributed by atoms with Gasteiger partial charge in [-0.1, -0.05) is 176 Å². The molecule has 0 saturated heterocycles. The van der Waals surface area contributed by atoms with Crippen molar-refractivity contribution in [3.8, 4) is 44.5 Å². The Kier molecular flexibility index (Phi) is 8.23. The summed E-state index contributed by atoms with van der Waals surface area (Å²) in [6.07, 6.45) is 8.34. The second-order valence-electron chi connectivity index (χ2n) is 18.7. The lowest BCUT2D eigenvalue weighted by Crippen LogP contribution is -2.53. The van der Waals surface area contributed by atoms with Gasteiger partial charge in [0.2, 0.25) is 0 Å². The topological polar surface area (TPSA) is 3.24 Å². The normalized spacial score (nSPS) is 21.9. The summed E-state index contributed by atoms with van der Waals surface area (Å²) in [5.41, 5.74) is 17.1. The number of hydrogen-bond acceptors (Lipinski definition) is 1. The standard InChI is InChI=1S/C61H49N/c1-2-16-41(17-3-1)47-19-6-7-21-49(47)51-23-8-9-24-52(51)54-26-13-15-29-59(54)62(60-38-42-18-4-5-20-48(42)50-22-10-11-27-55(50)60)46-34-35-58-56(39-46)53-25-12-14-28-57(53)61(58)44-32-30-40-31-33-45(61)37-43(40)36-44/h1-29,34-35,38-40,43-45H,30-33,36-37H2. The predicted octanol–water partition coefficient (Wildman–Crippen LogP) is 16.6. The molecular weight excluding hydrogens is 747 g/mol. The Labute approximate surface area is 365 Å². The van der Waals surface area contributed by atoms with E-state index in [0.29, 0.717) is 11.8 Å². The number of rotatable bonds is 6. The summed E-state index contributed by atoms with van der Waals surface area (Å²) < 4.78 is 0. The molecule has 62 heavy (non-hydrogen) atoms. The van der Waals surface area contributed by atoms with E-state index in [2.05, 4.69) is 205 Å². The molecule has 9 aromatic rings. The fraction of sp³-hybridized carbons (Fsp3) is 0.180. The number of hydrogen-bond donors (Lipinski definition) is 0. The highest BCUT2D eigenvalue weighted by Crippen LogP contribution is 2.68. The highest BCUT2D eigenvalue weighted by Gasteiger charge is 2.60. The second kappa shape index (κ2) is 14.2. The molecule has 0 heterocycles. The van der Waals surface area contributed by atoms with E-state index < -0.39 is 0 Å². The Bertz CT molecular complexity index is 3180. The van der Waals surface area contributed by atoms with Crippen LogP contribution in [-0.2, 0) is 5.41 Å². The molecule has 0 radical (unpaired) electrons. The molecule has 0 amide bonds. The minimum absolute atomic E-state index is 0.107. The van der Waals surface area contributed by atoms with Crippen LogP contribution in [0.25, 0.3) is 66.1 Å². The van der Waals surface area contributed by atoms with Gasteiger partial charge in [0.05, 0.1) is 11.4 Å². The number of fused-ring (bicyclic) bond motifs is 12. The van der Waals surface area contributed by atoms with Gasteiger partial charge in [0.25, 0.3) is 0 Å². The minimum atomic E-state index is 0.107. The molecule has 2 atom stereocenters. The van der Waals surface area contributed by atoms with Gasteiger partial charge in [0, 0.05) is 22.1 Å². The van der Waals surface area contributed by atoms with Gasteiger partial charge >= 0.3 is 0 Å². The third kappa shape index (κ3) is 5.27. The quantitative estimate of drug-likeness (QED) is 0.152. The van der Waals surface area contributed by atoms with E-state index in [0.717, 1.165) is 11.8 Å². The van der Waals surface area contributed by atoms with Gasteiger partial charge in [0.1, 0.15) is 0 Å². The molecule has 1 heteroatoms. The summed E-state index contributed by atoms with van der Waals surface area (Å²) in [6.45, 7) is 0. The smallest absolute Gasteiger partial charge is 0.0546 e. The van der Waals surface area contributed by atoms with Gasteiger partial charge in [-0.2, -0.15) is 0 Å². The van der Waals surface area contributed by atoms with Crippen molar-refractivity contribution in [1.29, 1.82) is 0 Å². The summed E-state index contributed by atoms with van der Waals surface area (Å²) in [5.74, 6) is 3.31. The first-order chi connectivity index (χ1) is 30.8. The number of anilines is 3. The maximum absolute atomic E-state index is 2.60. The fourth-order valence-corrected chi connectivity index (χ4v) is 13.5. The van der Waals surface area contributed by atoms with Crippen molar-refractivity contribution in [3.05, 3.63) is 211 Å². The fourth-order valence-electron chi connectivity index (χ4n) is 13.5.